The van der Waals surface area contributed by atoms with Gasteiger partial charge in [-0.1, -0.05) is 39.0 Å². The van der Waals surface area contributed by atoms with Crippen molar-refractivity contribution in [3.8, 4) is 5.75 Å². The van der Waals surface area contributed by atoms with Gasteiger partial charge in [-0.05, 0) is 18.4 Å². The van der Waals surface area contributed by atoms with Gasteiger partial charge in [0, 0.05) is 5.56 Å². The van der Waals surface area contributed by atoms with Crippen LogP contribution in [0.3, 0.4) is 0 Å². The lowest BCUT2D eigenvalue weighted by molar-refractivity contribution is -0.0107. The zero-order chi connectivity index (χ0) is 12.8. The second kappa shape index (κ2) is 6.62. The Kier molecular flexibility index (Phi) is 5.45. The second-order valence-corrected chi connectivity index (χ2v) is 4.57. The third-order valence-corrected chi connectivity index (χ3v) is 2.71. The van der Waals surface area contributed by atoms with Crippen LogP contribution in [0.2, 0.25) is 0 Å². The van der Waals surface area contributed by atoms with Gasteiger partial charge in [-0.3, -0.25) is 0 Å². The number of para-hydroxylation sites is 1. The monoisotopic (exact) mass is 238 g/mol. The topological polar surface area (TPSA) is 49.7 Å². The number of rotatable bonds is 6. The summed E-state index contributed by atoms with van der Waals surface area (Å²) in [5.74, 6) is 0.658. The van der Waals surface area contributed by atoms with Gasteiger partial charge >= 0.3 is 0 Å². The molecule has 3 heteroatoms. The molecule has 0 aromatic heterocycles. The number of ether oxygens (including phenoxy) is 1. The first-order valence-corrected chi connectivity index (χ1v) is 6.15. The maximum Gasteiger partial charge on any atom is 0.125 e. The Bertz CT molecular complexity index is 336. The van der Waals surface area contributed by atoms with Crippen LogP contribution in [-0.2, 0) is 0 Å². The van der Waals surface area contributed by atoms with Crippen molar-refractivity contribution < 1.29 is 14.9 Å². The van der Waals surface area contributed by atoms with Crippen molar-refractivity contribution >= 4 is 0 Å². The molecule has 17 heavy (non-hydrogen) atoms. The molecule has 96 valence electrons. The third kappa shape index (κ3) is 3.72. The summed E-state index contributed by atoms with van der Waals surface area (Å²) in [4.78, 5) is 0. The Morgan fingerprint density at radius 3 is 2.41 bits per heavy atom. The van der Waals surface area contributed by atoms with E-state index in [-0.39, 0.29) is 5.92 Å². The van der Waals surface area contributed by atoms with Gasteiger partial charge in [-0.15, -0.1) is 0 Å². The molecule has 0 bridgehead atoms. The molecule has 0 aliphatic carbocycles. The number of aliphatic hydroxyl groups excluding tert-OH is 2. The Labute approximate surface area is 103 Å². The van der Waals surface area contributed by atoms with Gasteiger partial charge in [0.2, 0.25) is 0 Å². The summed E-state index contributed by atoms with van der Waals surface area (Å²) >= 11 is 0. The molecule has 0 heterocycles. The lowest BCUT2D eigenvalue weighted by atomic mass is 9.95. The van der Waals surface area contributed by atoms with E-state index in [1.165, 1.54) is 0 Å². The maximum atomic E-state index is 10.1. The van der Waals surface area contributed by atoms with E-state index < -0.39 is 12.2 Å². The smallest absolute Gasteiger partial charge is 0.125 e. The molecule has 2 unspecified atom stereocenters. The fourth-order valence-corrected chi connectivity index (χ4v) is 1.62. The van der Waals surface area contributed by atoms with E-state index in [4.69, 9.17) is 4.74 Å². The van der Waals surface area contributed by atoms with Crippen molar-refractivity contribution in [2.45, 2.75) is 39.4 Å². The zero-order valence-electron chi connectivity index (χ0n) is 10.8. The highest BCUT2D eigenvalue weighted by Gasteiger charge is 2.24. The molecule has 0 radical (unpaired) electrons. The van der Waals surface area contributed by atoms with E-state index >= 15 is 0 Å². The second-order valence-electron chi connectivity index (χ2n) is 4.57. The minimum Gasteiger partial charge on any atom is -0.493 e. The molecule has 0 aliphatic rings. The highest BCUT2D eigenvalue weighted by molar-refractivity contribution is 5.35. The van der Waals surface area contributed by atoms with Crippen molar-refractivity contribution in [1.29, 1.82) is 0 Å². The van der Waals surface area contributed by atoms with E-state index in [1.807, 2.05) is 39.0 Å². The van der Waals surface area contributed by atoms with Crippen LogP contribution in [0, 0.1) is 5.92 Å². The molecule has 0 aliphatic heterocycles. The highest BCUT2D eigenvalue weighted by Crippen LogP contribution is 2.29. The predicted octanol–water partition coefficient (Wildman–Crippen LogP) is 2.53. The Morgan fingerprint density at radius 1 is 1.18 bits per heavy atom. The Morgan fingerprint density at radius 2 is 1.82 bits per heavy atom. The minimum absolute atomic E-state index is 0.00392. The summed E-state index contributed by atoms with van der Waals surface area (Å²) in [5.41, 5.74) is 0.655. The first kappa shape index (κ1) is 14.0. The van der Waals surface area contributed by atoms with Crippen LogP contribution in [0.5, 0.6) is 5.75 Å². The van der Waals surface area contributed by atoms with Crippen molar-refractivity contribution in [1.82, 2.24) is 0 Å². The summed E-state index contributed by atoms with van der Waals surface area (Å²) in [6.45, 7) is 6.40. The summed E-state index contributed by atoms with van der Waals surface area (Å²) in [5, 5.41) is 20.0. The number of aliphatic hydroxyl groups is 2. The van der Waals surface area contributed by atoms with E-state index in [0.29, 0.717) is 17.9 Å². The van der Waals surface area contributed by atoms with Gasteiger partial charge in [0.15, 0.2) is 0 Å². The van der Waals surface area contributed by atoms with Crippen LogP contribution in [0.15, 0.2) is 24.3 Å². The van der Waals surface area contributed by atoms with E-state index in [1.54, 1.807) is 6.07 Å². The number of hydrogen-bond acceptors (Lipinski definition) is 3. The van der Waals surface area contributed by atoms with Gasteiger partial charge in [0.05, 0.1) is 12.7 Å². The van der Waals surface area contributed by atoms with Crippen LogP contribution in [0.4, 0.5) is 0 Å². The summed E-state index contributed by atoms with van der Waals surface area (Å²) in [7, 11) is 0. The van der Waals surface area contributed by atoms with Crippen molar-refractivity contribution in [2.24, 2.45) is 5.92 Å². The fourth-order valence-electron chi connectivity index (χ4n) is 1.62. The molecule has 0 saturated carbocycles. The maximum absolute atomic E-state index is 10.1. The molecular formula is C14H22O3. The largest absolute Gasteiger partial charge is 0.493 e. The van der Waals surface area contributed by atoms with Crippen molar-refractivity contribution in [3.05, 3.63) is 29.8 Å². The van der Waals surface area contributed by atoms with E-state index in [2.05, 4.69) is 0 Å². The van der Waals surface area contributed by atoms with Crippen molar-refractivity contribution in [2.75, 3.05) is 6.61 Å². The van der Waals surface area contributed by atoms with E-state index in [9.17, 15) is 10.2 Å². The first-order chi connectivity index (χ1) is 8.07. The Balaban J connectivity index is 2.88. The lowest BCUT2D eigenvalue weighted by Crippen LogP contribution is -2.24. The molecule has 0 saturated heterocycles. The summed E-state index contributed by atoms with van der Waals surface area (Å²) in [6, 6.07) is 7.32. The van der Waals surface area contributed by atoms with Crippen LogP contribution in [0.25, 0.3) is 0 Å². The van der Waals surface area contributed by atoms with Crippen LogP contribution < -0.4 is 4.74 Å². The zero-order valence-corrected chi connectivity index (χ0v) is 10.8. The molecule has 0 amide bonds. The van der Waals surface area contributed by atoms with Crippen LogP contribution in [-0.4, -0.2) is 22.9 Å². The molecule has 0 fully saturated rings. The van der Waals surface area contributed by atoms with Gasteiger partial charge in [0.1, 0.15) is 11.9 Å². The molecule has 2 N–H and O–H groups in total. The molecule has 1 aromatic rings. The fraction of sp³-hybridized carbons (Fsp3) is 0.571. The SMILES string of the molecule is CCCOc1ccccc1C(O)C(O)C(C)C. The summed E-state index contributed by atoms with van der Waals surface area (Å²) < 4.78 is 5.57. The quantitative estimate of drug-likeness (QED) is 0.800. The average Bonchev–Trinajstić information content (AvgIpc) is 2.34. The van der Waals surface area contributed by atoms with Gasteiger partial charge < -0.3 is 14.9 Å². The van der Waals surface area contributed by atoms with Gasteiger partial charge in [-0.25, -0.2) is 0 Å². The molecule has 1 rings (SSSR count). The van der Waals surface area contributed by atoms with E-state index in [0.717, 1.165) is 6.42 Å². The predicted molar refractivity (Wildman–Crippen MR) is 68.0 cm³/mol. The van der Waals surface area contributed by atoms with Crippen molar-refractivity contribution in [3.63, 3.8) is 0 Å². The lowest BCUT2D eigenvalue weighted by Gasteiger charge is -2.23. The first-order valence-electron chi connectivity index (χ1n) is 6.15. The van der Waals surface area contributed by atoms with Crippen LogP contribution in [0.1, 0.15) is 38.9 Å². The number of hydrogen-bond donors (Lipinski definition) is 2. The molecule has 2 atom stereocenters. The molecular weight excluding hydrogens is 216 g/mol. The average molecular weight is 238 g/mol. The minimum atomic E-state index is -0.900. The number of benzene rings is 1. The Hall–Kier alpha value is -1.06. The molecule has 1 aromatic carbocycles. The molecule has 0 spiro atoms. The van der Waals surface area contributed by atoms with Crippen LogP contribution >= 0.6 is 0 Å². The standard InChI is InChI=1S/C14H22O3/c1-4-9-17-12-8-6-5-7-11(12)14(16)13(15)10(2)3/h5-8,10,13-16H,4,9H2,1-3H3. The normalized spacial score (nSPS) is 14.7. The van der Waals surface area contributed by atoms with Gasteiger partial charge in [-0.2, -0.15) is 0 Å². The third-order valence-electron chi connectivity index (χ3n) is 2.71. The summed E-state index contributed by atoms with van der Waals surface area (Å²) in [6.07, 6.45) is -0.763. The van der Waals surface area contributed by atoms with Gasteiger partial charge in [0.25, 0.3) is 0 Å². The molecule has 3 nitrogen and oxygen atoms in total. The highest BCUT2D eigenvalue weighted by atomic mass is 16.5.